The van der Waals surface area contributed by atoms with Crippen molar-refractivity contribution in [3.8, 4) is 5.75 Å². The first-order valence-corrected chi connectivity index (χ1v) is 7.75. The number of allylic oxidation sites excluding steroid dienone is 2. The molecule has 0 fully saturated rings. The van der Waals surface area contributed by atoms with E-state index >= 15 is 0 Å². The fourth-order valence-electron chi connectivity index (χ4n) is 2.50. The maximum atomic E-state index is 12.3. The fourth-order valence-corrected chi connectivity index (χ4v) is 2.50. The van der Waals surface area contributed by atoms with Crippen molar-refractivity contribution in [1.82, 2.24) is 0 Å². The van der Waals surface area contributed by atoms with Crippen LogP contribution in [0.2, 0.25) is 0 Å². The second kappa shape index (κ2) is 8.59. The molecule has 1 aliphatic rings. The molecule has 4 heteroatoms. The minimum absolute atomic E-state index is 0.324. The molecule has 0 aromatic heterocycles. The lowest BCUT2D eigenvalue weighted by Crippen LogP contribution is -2.22. The highest BCUT2D eigenvalue weighted by molar-refractivity contribution is 5.92. The molecule has 2 atom stereocenters. The molecule has 0 aliphatic heterocycles. The summed E-state index contributed by atoms with van der Waals surface area (Å²) in [6.45, 7) is 3.54. The number of ether oxygens (including phenoxy) is 3. The quantitative estimate of drug-likeness (QED) is 0.439. The largest absolute Gasteiger partial charge is 0.490 e. The van der Waals surface area contributed by atoms with Crippen molar-refractivity contribution in [3.63, 3.8) is 0 Å². The van der Waals surface area contributed by atoms with E-state index in [4.69, 9.17) is 14.2 Å². The average Bonchev–Trinajstić information content (AvgIpc) is 2.54. The third-order valence-electron chi connectivity index (χ3n) is 4.00. The van der Waals surface area contributed by atoms with Crippen LogP contribution in [0.3, 0.4) is 0 Å². The minimum Gasteiger partial charge on any atom is -0.490 e. The number of methoxy groups -OCH3 is 1. The summed E-state index contributed by atoms with van der Waals surface area (Å²) >= 11 is 0. The molecule has 22 heavy (non-hydrogen) atoms. The second-order valence-corrected chi connectivity index (χ2v) is 5.62. The molecule has 0 N–H and O–H groups in total. The van der Waals surface area contributed by atoms with E-state index in [0.717, 1.165) is 12.8 Å². The van der Waals surface area contributed by atoms with Gasteiger partial charge in [0, 0.05) is 7.11 Å². The van der Waals surface area contributed by atoms with Gasteiger partial charge in [0.1, 0.15) is 17.9 Å². The van der Waals surface area contributed by atoms with Gasteiger partial charge in [-0.1, -0.05) is 31.2 Å². The summed E-state index contributed by atoms with van der Waals surface area (Å²) in [6.07, 6.45) is 6.39. The van der Waals surface area contributed by atoms with Crippen LogP contribution in [0, 0.1) is 11.8 Å². The summed E-state index contributed by atoms with van der Waals surface area (Å²) in [5.41, 5.74) is 0.470. The second-order valence-electron chi connectivity index (χ2n) is 5.62. The number of carbonyl (C=O) groups excluding carboxylic acids is 1. The van der Waals surface area contributed by atoms with Crippen molar-refractivity contribution in [3.05, 3.63) is 42.0 Å². The number of rotatable bonds is 7. The summed E-state index contributed by atoms with van der Waals surface area (Å²) in [4.78, 5) is 12.3. The number of benzene rings is 1. The Morgan fingerprint density at radius 2 is 1.95 bits per heavy atom. The summed E-state index contributed by atoms with van der Waals surface area (Å²) in [5.74, 6) is 1.16. The molecule has 2 rings (SSSR count). The number of hydrogen-bond acceptors (Lipinski definition) is 4. The molecule has 0 radical (unpaired) electrons. The Balaban J connectivity index is 1.92. The molecular weight excluding hydrogens is 280 g/mol. The van der Waals surface area contributed by atoms with Crippen LogP contribution in [0.25, 0.3) is 0 Å². The van der Waals surface area contributed by atoms with Crippen LogP contribution in [0.5, 0.6) is 5.75 Å². The molecule has 120 valence electrons. The maximum absolute atomic E-state index is 12.3. The van der Waals surface area contributed by atoms with E-state index in [0.29, 0.717) is 43.0 Å². The van der Waals surface area contributed by atoms with Crippen molar-refractivity contribution < 1.29 is 19.0 Å². The topological polar surface area (TPSA) is 44.8 Å². The highest BCUT2D eigenvalue weighted by Gasteiger charge is 2.21. The molecule has 2 unspecified atom stereocenters. The van der Waals surface area contributed by atoms with Gasteiger partial charge >= 0.3 is 5.97 Å². The number of para-hydroxylation sites is 1. The van der Waals surface area contributed by atoms with E-state index in [-0.39, 0.29) is 5.97 Å². The van der Waals surface area contributed by atoms with Crippen LogP contribution in [-0.2, 0) is 9.47 Å². The molecule has 1 aromatic carbocycles. The van der Waals surface area contributed by atoms with Gasteiger partial charge in [0.25, 0.3) is 0 Å². The van der Waals surface area contributed by atoms with Gasteiger partial charge in [-0.25, -0.2) is 4.79 Å². The van der Waals surface area contributed by atoms with Crippen LogP contribution >= 0.6 is 0 Å². The number of carbonyl (C=O) groups is 1. The summed E-state index contributed by atoms with van der Waals surface area (Å²) in [7, 11) is 1.61. The van der Waals surface area contributed by atoms with E-state index in [1.165, 1.54) is 0 Å². The summed E-state index contributed by atoms with van der Waals surface area (Å²) in [6, 6.07) is 7.16. The monoisotopic (exact) mass is 304 g/mol. The third kappa shape index (κ3) is 4.60. The predicted molar refractivity (Wildman–Crippen MR) is 85.1 cm³/mol. The Bertz CT molecular complexity index is 510. The maximum Gasteiger partial charge on any atom is 0.341 e. The van der Waals surface area contributed by atoms with Crippen molar-refractivity contribution in [2.75, 3.05) is 26.9 Å². The van der Waals surface area contributed by atoms with Gasteiger partial charge in [-0.3, -0.25) is 0 Å². The normalized spacial score (nSPS) is 20.6. The first-order valence-electron chi connectivity index (χ1n) is 7.75. The Morgan fingerprint density at radius 3 is 2.73 bits per heavy atom. The zero-order chi connectivity index (χ0) is 15.8. The molecule has 1 aromatic rings. The molecule has 0 saturated carbocycles. The lowest BCUT2D eigenvalue weighted by molar-refractivity contribution is 0.0389. The van der Waals surface area contributed by atoms with Crippen molar-refractivity contribution in [2.24, 2.45) is 11.8 Å². The van der Waals surface area contributed by atoms with Crippen LogP contribution in [0.4, 0.5) is 0 Å². The first-order chi connectivity index (χ1) is 10.7. The Kier molecular flexibility index (Phi) is 6.46. The van der Waals surface area contributed by atoms with Gasteiger partial charge in [-0.2, -0.15) is 0 Å². The van der Waals surface area contributed by atoms with Crippen LogP contribution in [0.1, 0.15) is 30.1 Å². The van der Waals surface area contributed by atoms with Crippen molar-refractivity contribution >= 4 is 5.97 Å². The molecular formula is C18H24O4. The Hall–Kier alpha value is -1.81. The van der Waals surface area contributed by atoms with Gasteiger partial charge in [-0.05, 0) is 36.8 Å². The van der Waals surface area contributed by atoms with Gasteiger partial charge in [0.15, 0.2) is 0 Å². The van der Waals surface area contributed by atoms with E-state index in [1.807, 2.05) is 12.1 Å². The SMILES string of the molecule is COCCOc1ccccc1C(=O)OCC1CC=CCC1C. The molecule has 0 spiro atoms. The third-order valence-corrected chi connectivity index (χ3v) is 4.00. The molecule has 0 heterocycles. The first kappa shape index (κ1) is 16.6. The fraction of sp³-hybridized carbons (Fsp3) is 0.500. The number of esters is 1. The van der Waals surface area contributed by atoms with Gasteiger partial charge in [0.05, 0.1) is 13.2 Å². The van der Waals surface area contributed by atoms with E-state index in [1.54, 1.807) is 19.2 Å². The average molecular weight is 304 g/mol. The van der Waals surface area contributed by atoms with E-state index < -0.39 is 0 Å². The Labute approximate surface area is 132 Å². The molecule has 4 nitrogen and oxygen atoms in total. The van der Waals surface area contributed by atoms with Gasteiger partial charge in [-0.15, -0.1) is 0 Å². The van der Waals surface area contributed by atoms with Crippen LogP contribution < -0.4 is 4.74 Å². The standard InChI is InChI=1S/C18H24O4/c1-14-7-3-4-8-15(14)13-22-18(19)16-9-5-6-10-17(16)21-12-11-20-2/h3-6,9-10,14-15H,7-8,11-13H2,1-2H3. The summed E-state index contributed by atoms with van der Waals surface area (Å²) < 4.78 is 16.0. The van der Waals surface area contributed by atoms with Crippen molar-refractivity contribution in [2.45, 2.75) is 19.8 Å². The summed E-state index contributed by atoms with van der Waals surface area (Å²) in [5, 5.41) is 0. The lowest BCUT2D eigenvalue weighted by atomic mass is 9.85. The molecule has 0 amide bonds. The molecule has 1 aliphatic carbocycles. The zero-order valence-electron chi connectivity index (χ0n) is 13.3. The van der Waals surface area contributed by atoms with Gasteiger partial charge in [0.2, 0.25) is 0 Å². The highest BCUT2D eigenvalue weighted by Crippen LogP contribution is 2.26. The van der Waals surface area contributed by atoms with E-state index in [9.17, 15) is 4.79 Å². The van der Waals surface area contributed by atoms with Gasteiger partial charge < -0.3 is 14.2 Å². The predicted octanol–water partition coefficient (Wildman–Crippen LogP) is 3.47. The Morgan fingerprint density at radius 1 is 1.18 bits per heavy atom. The van der Waals surface area contributed by atoms with E-state index in [2.05, 4.69) is 19.1 Å². The minimum atomic E-state index is -0.324. The zero-order valence-corrected chi connectivity index (χ0v) is 13.3. The molecule has 0 bridgehead atoms. The van der Waals surface area contributed by atoms with Crippen LogP contribution in [0.15, 0.2) is 36.4 Å². The highest BCUT2D eigenvalue weighted by atomic mass is 16.5. The molecule has 0 saturated heterocycles. The smallest absolute Gasteiger partial charge is 0.341 e. The number of hydrogen-bond donors (Lipinski definition) is 0. The lowest BCUT2D eigenvalue weighted by Gasteiger charge is -2.24. The van der Waals surface area contributed by atoms with Crippen LogP contribution in [-0.4, -0.2) is 32.9 Å². The van der Waals surface area contributed by atoms with Crippen molar-refractivity contribution in [1.29, 1.82) is 0 Å².